The predicted molar refractivity (Wildman–Crippen MR) is 52.8 cm³/mol. The molecule has 0 aliphatic rings. The minimum absolute atomic E-state index is 0.218. The van der Waals surface area contributed by atoms with E-state index >= 15 is 0 Å². The molecule has 13 heavy (non-hydrogen) atoms. The van der Waals surface area contributed by atoms with Crippen molar-refractivity contribution in [1.29, 1.82) is 5.26 Å². The highest BCUT2D eigenvalue weighted by Crippen LogP contribution is 2.22. The van der Waals surface area contributed by atoms with Gasteiger partial charge in [-0.1, -0.05) is 13.0 Å². The Kier molecular flexibility index (Phi) is 3.44. The lowest BCUT2D eigenvalue weighted by Crippen LogP contribution is -1.93. The summed E-state index contributed by atoms with van der Waals surface area (Å²) in [5.41, 5.74) is 1.51. The van der Waals surface area contributed by atoms with E-state index in [1.54, 1.807) is 12.1 Å². The lowest BCUT2D eigenvalue weighted by Gasteiger charge is -2.04. The molecule has 0 aliphatic heterocycles. The first-order valence-electron chi connectivity index (χ1n) is 4.02. The van der Waals surface area contributed by atoms with Crippen LogP contribution in [-0.2, 0) is 12.8 Å². The van der Waals surface area contributed by atoms with Gasteiger partial charge in [-0.25, -0.2) is 4.39 Å². The van der Waals surface area contributed by atoms with Crippen molar-refractivity contribution >= 4 is 15.9 Å². The summed E-state index contributed by atoms with van der Waals surface area (Å²) < 4.78 is 13.7. The van der Waals surface area contributed by atoms with Gasteiger partial charge in [-0.3, -0.25) is 0 Å². The van der Waals surface area contributed by atoms with E-state index in [0.717, 1.165) is 5.56 Å². The van der Waals surface area contributed by atoms with Crippen LogP contribution >= 0.6 is 15.9 Å². The number of nitriles is 1. The number of aryl methyl sites for hydroxylation is 1. The molecule has 0 atom stereocenters. The Bertz CT molecular complexity index is 355. The first-order chi connectivity index (χ1) is 6.19. The molecule has 0 bridgehead atoms. The molecule has 1 rings (SSSR count). The molecule has 0 unspecified atom stereocenters. The van der Waals surface area contributed by atoms with Crippen LogP contribution in [0.3, 0.4) is 0 Å². The van der Waals surface area contributed by atoms with Gasteiger partial charge in [-0.15, -0.1) is 0 Å². The van der Waals surface area contributed by atoms with Crippen molar-refractivity contribution in [2.45, 2.75) is 19.8 Å². The smallest absolute Gasteiger partial charge is 0.140 e. The molecule has 0 radical (unpaired) electrons. The third-order valence-corrected chi connectivity index (χ3v) is 2.40. The first-order valence-corrected chi connectivity index (χ1v) is 4.82. The van der Waals surface area contributed by atoms with Crippen molar-refractivity contribution in [1.82, 2.24) is 0 Å². The maximum absolute atomic E-state index is 13.3. The predicted octanol–water partition coefficient (Wildman–Crippen LogP) is 3.22. The summed E-state index contributed by atoms with van der Waals surface area (Å²) in [7, 11) is 0. The minimum atomic E-state index is -0.218. The fourth-order valence-electron chi connectivity index (χ4n) is 1.16. The van der Waals surface area contributed by atoms with Gasteiger partial charge in [0.05, 0.1) is 17.0 Å². The molecular formula is C10H9BrFN. The molecule has 0 fully saturated rings. The van der Waals surface area contributed by atoms with Gasteiger partial charge in [0.25, 0.3) is 0 Å². The second-order valence-electron chi connectivity index (χ2n) is 2.74. The number of nitrogens with zero attached hydrogens (tertiary/aromatic N) is 1. The zero-order valence-electron chi connectivity index (χ0n) is 7.27. The molecule has 0 aromatic heterocycles. The molecule has 1 nitrogen and oxygen atoms in total. The SMILES string of the molecule is CCc1cc(CC#N)cc(Br)c1F. The molecule has 0 saturated carbocycles. The van der Waals surface area contributed by atoms with Crippen LogP contribution < -0.4 is 0 Å². The van der Waals surface area contributed by atoms with Crippen molar-refractivity contribution in [3.8, 4) is 6.07 Å². The van der Waals surface area contributed by atoms with E-state index in [-0.39, 0.29) is 5.82 Å². The van der Waals surface area contributed by atoms with E-state index in [1.165, 1.54) is 0 Å². The van der Waals surface area contributed by atoms with Crippen molar-refractivity contribution in [2.24, 2.45) is 0 Å². The molecule has 3 heteroatoms. The highest BCUT2D eigenvalue weighted by atomic mass is 79.9. The van der Waals surface area contributed by atoms with Gasteiger partial charge < -0.3 is 0 Å². The Hall–Kier alpha value is -0.880. The molecule has 0 aliphatic carbocycles. The number of halogens is 2. The average molecular weight is 242 g/mol. The van der Waals surface area contributed by atoms with Crippen LogP contribution in [0.25, 0.3) is 0 Å². The zero-order chi connectivity index (χ0) is 9.84. The highest BCUT2D eigenvalue weighted by molar-refractivity contribution is 9.10. The Balaban J connectivity index is 3.16. The van der Waals surface area contributed by atoms with Crippen LogP contribution in [0.4, 0.5) is 4.39 Å². The molecule has 0 N–H and O–H groups in total. The summed E-state index contributed by atoms with van der Waals surface area (Å²) in [5, 5.41) is 8.48. The van der Waals surface area contributed by atoms with Gasteiger partial charge in [-0.2, -0.15) is 5.26 Å². The summed E-state index contributed by atoms with van der Waals surface area (Å²) in [5.74, 6) is -0.218. The van der Waals surface area contributed by atoms with Crippen molar-refractivity contribution < 1.29 is 4.39 Å². The van der Waals surface area contributed by atoms with Gasteiger partial charge in [0.15, 0.2) is 0 Å². The maximum atomic E-state index is 13.3. The summed E-state index contributed by atoms with van der Waals surface area (Å²) in [6, 6.07) is 5.43. The fraction of sp³-hybridized carbons (Fsp3) is 0.300. The first kappa shape index (κ1) is 10.2. The van der Waals surface area contributed by atoms with E-state index in [2.05, 4.69) is 15.9 Å². The quantitative estimate of drug-likeness (QED) is 0.781. The van der Waals surface area contributed by atoms with Crippen LogP contribution in [0.1, 0.15) is 18.1 Å². The van der Waals surface area contributed by atoms with E-state index in [0.29, 0.717) is 22.9 Å². The Labute approximate surface area is 85.3 Å². The molecule has 68 valence electrons. The van der Waals surface area contributed by atoms with Crippen LogP contribution in [-0.4, -0.2) is 0 Å². The molecule has 0 heterocycles. The normalized spacial score (nSPS) is 9.69. The van der Waals surface area contributed by atoms with Crippen LogP contribution in [0.5, 0.6) is 0 Å². The fourth-order valence-corrected chi connectivity index (χ4v) is 1.71. The zero-order valence-corrected chi connectivity index (χ0v) is 8.86. The molecule has 1 aromatic rings. The molecule has 0 amide bonds. The minimum Gasteiger partial charge on any atom is -0.205 e. The molecular weight excluding hydrogens is 233 g/mol. The van der Waals surface area contributed by atoms with Gasteiger partial charge in [0.2, 0.25) is 0 Å². The monoisotopic (exact) mass is 241 g/mol. The van der Waals surface area contributed by atoms with Gasteiger partial charge >= 0.3 is 0 Å². The van der Waals surface area contributed by atoms with E-state index in [9.17, 15) is 4.39 Å². The number of rotatable bonds is 2. The average Bonchev–Trinajstić information content (AvgIpc) is 2.11. The van der Waals surface area contributed by atoms with Crippen LogP contribution in [0.15, 0.2) is 16.6 Å². The largest absolute Gasteiger partial charge is 0.205 e. The van der Waals surface area contributed by atoms with Crippen LogP contribution in [0.2, 0.25) is 0 Å². The lowest BCUT2D eigenvalue weighted by atomic mass is 10.1. The van der Waals surface area contributed by atoms with Gasteiger partial charge in [0.1, 0.15) is 5.82 Å². The van der Waals surface area contributed by atoms with Crippen LogP contribution in [0, 0.1) is 17.1 Å². The summed E-state index contributed by atoms with van der Waals surface area (Å²) in [6.45, 7) is 1.89. The van der Waals surface area contributed by atoms with Crippen molar-refractivity contribution in [2.75, 3.05) is 0 Å². The summed E-state index contributed by atoms with van der Waals surface area (Å²) >= 11 is 3.12. The lowest BCUT2D eigenvalue weighted by molar-refractivity contribution is 0.604. The summed E-state index contributed by atoms with van der Waals surface area (Å²) in [4.78, 5) is 0. The number of benzene rings is 1. The van der Waals surface area contributed by atoms with Gasteiger partial charge in [0, 0.05) is 0 Å². The standard InChI is InChI=1S/C10H9BrFN/c1-2-8-5-7(3-4-13)6-9(11)10(8)12/h5-6H,2-3H2,1H3. The second-order valence-corrected chi connectivity index (χ2v) is 3.59. The third kappa shape index (κ3) is 2.28. The highest BCUT2D eigenvalue weighted by Gasteiger charge is 2.06. The number of hydrogen-bond acceptors (Lipinski definition) is 1. The Morgan fingerprint density at radius 2 is 2.23 bits per heavy atom. The molecule has 0 saturated heterocycles. The summed E-state index contributed by atoms with van der Waals surface area (Å²) in [6.07, 6.45) is 0.968. The van der Waals surface area contributed by atoms with Crippen molar-refractivity contribution in [3.05, 3.63) is 33.5 Å². The third-order valence-electron chi connectivity index (χ3n) is 1.83. The Morgan fingerprint density at radius 3 is 2.77 bits per heavy atom. The Morgan fingerprint density at radius 1 is 1.54 bits per heavy atom. The van der Waals surface area contributed by atoms with E-state index in [4.69, 9.17) is 5.26 Å². The number of hydrogen-bond donors (Lipinski definition) is 0. The van der Waals surface area contributed by atoms with Crippen molar-refractivity contribution in [3.63, 3.8) is 0 Å². The van der Waals surface area contributed by atoms with Gasteiger partial charge in [-0.05, 0) is 39.5 Å². The van der Waals surface area contributed by atoms with E-state index in [1.807, 2.05) is 13.0 Å². The topological polar surface area (TPSA) is 23.8 Å². The second kappa shape index (κ2) is 4.38. The molecule has 0 spiro atoms. The molecule has 1 aromatic carbocycles. The maximum Gasteiger partial charge on any atom is 0.140 e. The van der Waals surface area contributed by atoms with E-state index < -0.39 is 0 Å².